The van der Waals surface area contributed by atoms with E-state index in [9.17, 15) is 0 Å². The van der Waals surface area contributed by atoms with Crippen LogP contribution in [0.2, 0.25) is 0 Å². The molecular weight excluding hydrogens is 268 g/mol. The summed E-state index contributed by atoms with van der Waals surface area (Å²) in [7, 11) is 0. The van der Waals surface area contributed by atoms with E-state index in [4.69, 9.17) is 16.3 Å². The van der Waals surface area contributed by atoms with Gasteiger partial charge in [0.1, 0.15) is 12.4 Å². The highest BCUT2D eigenvalue weighted by Gasteiger charge is 2.19. The average molecular weight is 289 g/mol. The lowest BCUT2D eigenvalue weighted by molar-refractivity contribution is 0.297. The third kappa shape index (κ3) is 3.77. The van der Waals surface area contributed by atoms with Crippen LogP contribution >= 0.6 is 11.6 Å². The molecule has 0 radical (unpaired) electrons. The van der Waals surface area contributed by atoms with Crippen molar-refractivity contribution in [3.63, 3.8) is 0 Å². The number of hydrogen-bond donors (Lipinski definition) is 0. The molecular formula is C18H21ClO. The smallest absolute Gasteiger partial charge is 0.123 e. The predicted molar refractivity (Wildman–Crippen MR) is 85.5 cm³/mol. The Morgan fingerprint density at radius 3 is 2.25 bits per heavy atom. The largest absolute Gasteiger partial charge is 0.489 e. The maximum Gasteiger partial charge on any atom is 0.123 e. The standard InChI is InChI=1S/C18H21ClO/c1-18(2,3)16-11-15(12-19)9-10-17(16)20-13-14-7-5-4-6-8-14/h4-11H,12-13H2,1-3H3. The molecule has 0 heterocycles. The SMILES string of the molecule is CC(C)(C)c1cc(CCl)ccc1OCc1ccccc1. The van der Waals surface area contributed by atoms with Crippen molar-refractivity contribution in [2.24, 2.45) is 0 Å². The minimum absolute atomic E-state index is 0.0358. The summed E-state index contributed by atoms with van der Waals surface area (Å²) < 4.78 is 6.01. The highest BCUT2D eigenvalue weighted by atomic mass is 35.5. The fraction of sp³-hybridized carbons (Fsp3) is 0.333. The molecule has 20 heavy (non-hydrogen) atoms. The van der Waals surface area contributed by atoms with Crippen molar-refractivity contribution in [1.29, 1.82) is 0 Å². The first kappa shape index (κ1) is 14.9. The number of rotatable bonds is 4. The van der Waals surface area contributed by atoms with E-state index in [1.807, 2.05) is 30.3 Å². The number of benzene rings is 2. The molecule has 0 aliphatic carbocycles. The molecule has 0 saturated heterocycles. The fourth-order valence-corrected chi connectivity index (χ4v) is 2.27. The number of halogens is 1. The monoisotopic (exact) mass is 288 g/mol. The van der Waals surface area contributed by atoms with E-state index >= 15 is 0 Å². The summed E-state index contributed by atoms with van der Waals surface area (Å²) in [5.41, 5.74) is 3.54. The van der Waals surface area contributed by atoms with Gasteiger partial charge in [-0.2, -0.15) is 0 Å². The van der Waals surface area contributed by atoms with Gasteiger partial charge in [-0.3, -0.25) is 0 Å². The molecule has 0 fully saturated rings. The average Bonchev–Trinajstić information content (AvgIpc) is 2.45. The van der Waals surface area contributed by atoms with Crippen molar-refractivity contribution in [1.82, 2.24) is 0 Å². The maximum absolute atomic E-state index is 6.01. The lowest BCUT2D eigenvalue weighted by atomic mass is 9.85. The molecule has 2 aromatic carbocycles. The van der Waals surface area contributed by atoms with Crippen LogP contribution < -0.4 is 4.74 Å². The van der Waals surface area contributed by atoms with Gasteiger partial charge in [0.05, 0.1) is 0 Å². The van der Waals surface area contributed by atoms with Crippen molar-refractivity contribution >= 4 is 11.6 Å². The van der Waals surface area contributed by atoms with Crippen molar-refractivity contribution in [2.45, 2.75) is 38.7 Å². The van der Waals surface area contributed by atoms with Gasteiger partial charge < -0.3 is 4.74 Å². The predicted octanol–water partition coefficient (Wildman–Crippen LogP) is 5.30. The van der Waals surface area contributed by atoms with Gasteiger partial charge >= 0.3 is 0 Å². The molecule has 2 heteroatoms. The first-order valence-electron chi connectivity index (χ1n) is 6.87. The second-order valence-electron chi connectivity index (χ2n) is 5.99. The van der Waals surface area contributed by atoms with Crippen molar-refractivity contribution in [3.05, 3.63) is 65.2 Å². The van der Waals surface area contributed by atoms with Crippen molar-refractivity contribution < 1.29 is 4.74 Å². The molecule has 0 amide bonds. The number of alkyl halides is 1. The summed E-state index contributed by atoms with van der Waals surface area (Å²) >= 11 is 5.93. The van der Waals surface area contributed by atoms with Crippen LogP contribution in [0.1, 0.15) is 37.5 Å². The molecule has 1 nitrogen and oxygen atoms in total. The van der Waals surface area contributed by atoms with E-state index in [0.717, 1.165) is 11.3 Å². The van der Waals surface area contributed by atoms with Gasteiger partial charge in [-0.25, -0.2) is 0 Å². The third-order valence-corrected chi connectivity index (χ3v) is 3.55. The summed E-state index contributed by atoms with van der Waals surface area (Å²) in [4.78, 5) is 0. The summed E-state index contributed by atoms with van der Waals surface area (Å²) in [6, 6.07) is 16.4. The van der Waals surface area contributed by atoms with Crippen molar-refractivity contribution in [2.75, 3.05) is 0 Å². The van der Waals surface area contributed by atoms with E-state index < -0.39 is 0 Å². The molecule has 106 valence electrons. The molecule has 2 aromatic rings. The Labute approximate surface area is 126 Å². The van der Waals surface area contributed by atoms with E-state index in [1.165, 1.54) is 11.1 Å². The highest BCUT2D eigenvalue weighted by molar-refractivity contribution is 6.17. The Balaban J connectivity index is 2.23. The summed E-state index contributed by atoms with van der Waals surface area (Å²) in [6.07, 6.45) is 0. The molecule has 0 saturated carbocycles. The van der Waals surface area contributed by atoms with Crippen LogP contribution in [0.15, 0.2) is 48.5 Å². The number of hydrogen-bond acceptors (Lipinski definition) is 1. The van der Waals surface area contributed by atoms with Gasteiger partial charge in [-0.05, 0) is 28.2 Å². The third-order valence-electron chi connectivity index (χ3n) is 3.24. The molecule has 2 rings (SSSR count). The Kier molecular flexibility index (Phi) is 4.72. The van der Waals surface area contributed by atoms with E-state index in [1.54, 1.807) is 0 Å². The van der Waals surface area contributed by atoms with E-state index in [2.05, 4.69) is 39.0 Å². The molecule has 0 spiro atoms. The molecule has 0 N–H and O–H groups in total. The Hall–Kier alpha value is -1.47. The van der Waals surface area contributed by atoms with Gasteiger partial charge in [-0.1, -0.05) is 63.2 Å². The Morgan fingerprint density at radius 1 is 0.950 bits per heavy atom. The topological polar surface area (TPSA) is 9.23 Å². The summed E-state index contributed by atoms with van der Waals surface area (Å²) in [5.74, 6) is 1.47. The molecule has 0 aliphatic heterocycles. The van der Waals surface area contributed by atoms with Crippen LogP contribution in [0.4, 0.5) is 0 Å². The number of ether oxygens (including phenoxy) is 1. The zero-order valence-corrected chi connectivity index (χ0v) is 13.1. The van der Waals surface area contributed by atoms with E-state index in [0.29, 0.717) is 12.5 Å². The molecule has 0 unspecified atom stereocenters. The second-order valence-corrected chi connectivity index (χ2v) is 6.26. The van der Waals surface area contributed by atoms with Crippen LogP contribution in [0.5, 0.6) is 5.75 Å². The zero-order chi connectivity index (χ0) is 14.6. The minimum atomic E-state index is 0.0358. The van der Waals surface area contributed by atoms with Crippen LogP contribution in [-0.2, 0) is 17.9 Å². The second kappa shape index (κ2) is 6.32. The Bertz CT molecular complexity index is 555. The van der Waals surface area contributed by atoms with Crippen LogP contribution in [0.25, 0.3) is 0 Å². The van der Waals surface area contributed by atoms with Gasteiger partial charge in [0.25, 0.3) is 0 Å². The summed E-state index contributed by atoms with van der Waals surface area (Å²) in [6.45, 7) is 7.16. The van der Waals surface area contributed by atoms with Gasteiger partial charge in [-0.15, -0.1) is 11.6 Å². The van der Waals surface area contributed by atoms with Gasteiger partial charge in [0.2, 0.25) is 0 Å². The minimum Gasteiger partial charge on any atom is -0.489 e. The quantitative estimate of drug-likeness (QED) is 0.694. The fourth-order valence-electron chi connectivity index (χ4n) is 2.11. The Morgan fingerprint density at radius 2 is 1.65 bits per heavy atom. The summed E-state index contributed by atoms with van der Waals surface area (Å²) in [5, 5.41) is 0. The van der Waals surface area contributed by atoms with Crippen LogP contribution in [0, 0.1) is 0 Å². The lowest BCUT2D eigenvalue weighted by Gasteiger charge is -2.23. The highest BCUT2D eigenvalue weighted by Crippen LogP contribution is 2.33. The van der Waals surface area contributed by atoms with Crippen molar-refractivity contribution in [3.8, 4) is 5.75 Å². The van der Waals surface area contributed by atoms with Gasteiger partial charge in [0.15, 0.2) is 0 Å². The maximum atomic E-state index is 6.01. The molecule has 0 bridgehead atoms. The normalized spacial score (nSPS) is 11.4. The van der Waals surface area contributed by atoms with Gasteiger partial charge in [0, 0.05) is 5.88 Å². The first-order valence-corrected chi connectivity index (χ1v) is 7.40. The van der Waals surface area contributed by atoms with Crippen LogP contribution in [0.3, 0.4) is 0 Å². The molecule has 0 atom stereocenters. The molecule has 0 aromatic heterocycles. The molecule has 0 aliphatic rings. The van der Waals surface area contributed by atoms with Crippen LogP contribution in [-0.4, -0.2) is 0 Å². The first-order chi connectivity index (χ1) is 9.50. The van der Waals surface area contributed by atoms with E-state index in [-0.39, 0.29) is 5.41 Å². The lowest BCUT2D eigenvalue weighted by Crippen LogP contribution is -2.14. The zero-order valence-electron chi connectivity index (χ0n) is 12.3.